The van der Waals surface area contributed by atoms with Crippen LogP contribution >= 0.6 is 0 Å². The number of nitrogens with zero attached hydrogens (tertiary/aromatic N) is 2. The first kappa shape index (κ1) is 23.9. The van der Waals surface area contributed by atoms with Crippen LogP contribution in [0.3, 0.4) is 0 Å². The molecule has 0 radical (unpaired) electrons. The maximum Gasteiger partial charge on any atom is 0.328 e. The number of aromatic nitrogens is 1. The van der Waals surface area contributed by atoms with E-state index in [0.29, 0.717) is 17.9 Å². The zero-order valence-electron chi connectivity index (χ0n) is 18.2. The summed E-state index contributed by atoms with van der Waals surface area (Å²) in [6.07, 6.45) is 1.55. The van der Waals surface area contributed by atoms with Crippen LogP contribution in [0.25, 0.3) is 0 Å². The van der Waals surface area contributed by atoms with Gasteiger partial charge in [-0.1, -0.05) is 30.3 Å². The number of carbonyl (C=O) groups is 3. The number of rotatable bonds is 11. The lowest BCUT2D eigenvalue weighted by Crippen LogP contribution is -2.42. The highest BCUT2D eigenvalue weighted by molar-refractivity contribution is 5.96. The molecule has 0 saturated heterocycles. The highest BCUT2D eigenvalue weighted by atomic mass is 16.5. The molecule has 8 heteroatoms. The third kappa shape index (κ3) is 7.73. The highest BCUT2D eigenvalue weighted by Crippen LogP contribution is 2.14. The van der Waals surface area contributed by atoms with E-state index < -0.39 is 23.9 Å². The van der Waals surface area contributed by atoms with E-state index in [1.165, 1.54) is 6.20 Å². The van der Waals surface area contributed by atoms with Gasteiger partial charge in [0.15, 0.2) is 0 Å². The molecule has 1 aromatic carbocycles. The molecule has 0 aliphatic carbocycles. The van der Waals surface area contributed by atoms with Crippen LogP contribution in [-0.2, 0) is 25.6 Å². The van der Waals surface area contributed by atoms with Gasteiger partial charge in [0.25, 0.3) is 5.91 Å². The fraction of sp³-hybridized carbons (Fsp3) is 0.391. The largest absolute Gasteiger partial charge is 0.466 e. The van der Waals surface area contributed by atoms with Gasteiger partial charge in [0, 0.05) is 26.2 Å². The van der Waals surface area contributed by atoms with E-state index in [-0.39, 0.29) is 26.1 Å². The number of esters is 2. The Bertz CT molecular complexity index is 855. The standard InChI is InChI=1S/C23H29N3O5/c1-4-30-21(27)14-12-19(23(29)31-5-2)25-22(28)18-11-13-20(24-15-18)26(3)16-17-9-7-6-8-10-17/h6-11,13,15,19H,4-5,12,14,16H2,1-3H3,(H,25,28)/t19-/m1/s1. The van der Waals surface area contributed by atoms with Crippen LogP contribution in [0.5, 0.6) is 0 Å². The molecule has 0 spiro atoms. The van der Waals surface area contributed by atoms with Crippen molar-refractivity contribution in [3.8, 4) is 0 Å². The summed E-state index contributed by atoms with van der Waals surface area (Å²) in [7, 11) is 1.92. The average molecular weight is 428 g/mol. The predicted molar refractivity (Wildman–Crippen MR) is 117 cm³/mol. The highest BCUT2D eigenvalue weighted by Gasteiger charge is 2.24. The molecule has 2 aromatic rings. The summed E-state index contributed by atoms with van der Waals surface area (Å²) in [6.45, 7) is 4.49. The molecule has 2 rings (SSSR count). The molecular weight excluding hydrogens is 398 g/mol. The van der Waals surface area contributed by atoms with E-state index >= 15 is 0 Å². The molecule has 1 atom stereocenters. The van der Waals surface area contributed by atoms with Crippen LogP contribution in [0.15, 0.2) is 48.7 Å². The van der Waals surface area contributed by atoms with Crippen molar-refractivity contribution in [1.29, 1.82) is 0 Å². The molecule has 1 amide bonds. The fourth-order valence-corrected chi connectivity index (χ4v) is 2.91. The summed E-state index contributed by atoms with van der Waals surface area (Å²) in [5, 5.41) is 2.63. The minimum atomic E-state index is -0.947. The molecule has 1 aromatic heterocycles. The molecule has 31 heavy (non-hydrogen) atoms. The Kier molecular flexibility index (Phi) is 9.48. The van der Waals surface area contributed by atoms with Gasteiger partial charge in [0.2, 0.25) is 0 Å². The Balaban J connectivity index is 2.00. The number of hydrogen-bond donors (Lipinski definition) is 1. The van der Waals surface area contributed by atoms with Crippen LogP contribution in [-0.4, -0.2) is 49.1 Å². The first-order valence-electron chi connectivity index (χ1n) is 10.3. The zero-order chi connectivity index (χ0) is 22.6. The molecule has 0 unspecified atom stereocenters. The van der Waals surface area contributed by atoms with Crippen molar-refractivity contribution in [2.45, 2.75) is 39.3 Å². The van der Waals surface area contributed by atoms with Gasteiger partial charge < -0.3 is 19.7 Å². The van der Waals surface area contributed by atoms with E-state index in [4.69, 9.17) is 9.47 Å². The fourth-order valence-electron chi connectivity index (χ4n) is 2.91. The van der Waals surface area contributed by atoms with Crippen molar-refractivity contribution in [3.05, 3.63) is 59.8 Å². The van der Waals surface area contributed by atoms with E-state index in [1.807, 2.05) is 42.3 Å². The SMILES string of the molecule is CCOC(=O)CC[C@@H](NC(=O)c1ccc(N(C)Cc2ccccc2)nc1)C(=O)OCC. The second kappa shape index (κ2) is 12.3. The second-order valence-electron chi connectivity index (χ2n) is 6.87. The Hall–Kier alpha value is -3.42. The quantitative estimate of drug-likeness (QED) is 0.551. The van der Waals surface area contributed by atoms with Crippen molar-refractivity contribution in [3.63, 3.8) is 0 Å². The molecule has 0 fully saturated rings. The topological polar surface area (TPSA) is 97.8 Å². The number of hydrogen-bond acceptors (Lipinski definition) is 7. The van der Waals surface area contributed by atoms with Gasteiger partial charge >= 0.3 is 11.9 Å². The monoisotopic (exact) mass is 427 g/mol. The molecule has 0 aliphatic rings. The Morgan fingerprint density at radius 1 is 1.03 bits per heavy atom. The van der Waals surface area contributed by atoms with Crippen molar-refractivity contribution < 1.29 is 23.9 Å². The third-order valence-electron chi connectivity index (χ3n) is 4.48. The van der Waals surface area contributed by atoms with Crippen LogP contribution in [0.4, 0.5) is 5.82 Å². The van der Waals surface area contributed by atoms with Gasteiger partial charge in [-0.15, -0.1) is 0 Å². The summed E-state index contributed by atoms with van der Waals surface area (Å²) in [5.74, 6) is -0.776. The predicted octanol–water partition coefficient (Wildman–Crippen LogP) is 2.72. The minimum absolute atomic E-state index is 0.000923. The van der Waals surface area contributed by atoms with E-state index in [9.17, 15) is 14.4 Å². The minimum Gasteiger partial charge on any atom is -0.466 e. The number of anilines is 1. The van der Waals surface area contributed by atoms with Crippen molar-refractivity contribution in [1.82, 2.24) is 10.3 Å². The molecule has 1 heterocycles. The van der Waals surface area contributed by atoms with Crippen LogP contribution < -0.4 is 10.2 Å². The van der Waals surface area contributed by atoms with E-state index in [0.717, 1.165) is 5.56 Å². The number of nitrogens with one attached hydrogen (secondary N) is 1. The number of ether oxygens (including phenoxy) is 2. The smallest absolute Gasteiger partial charge is 0.328 e. The summed E-state index contributed by atoms with van der Waals surface area (Å²) in [5.41, 5.74) is 1.45. The van der Waals surface area contributed by atoms with Crippen LogP contribution in [0.2, 0.25) is 0 Å². The Morgan fingerprint density at radius 3 is 2.35 bits per heavy atom. The summed E-state index contributed by atoms with van der Waals surface area (Å²) < 4.78 is 9.89. The maximum atomic E-state index is 12.6. The summed E-state index contributed by atoms with van der Waals surface area (Å²) >= 11 is 0. The van der Waals surface area contributed by atoms with Gasteiger partial charge in [-0.05, 0) is 38.0 Å². The van der Waals surface area contributed by atoms with Crippen LogP contribution in [0.1, 0.15) is 42.6 Å². The van der Waals surface area contributed by atoms with Crippen molar-refractivity contribution >= 4 is 23.7 Å². The van der Waals surface area contributed by atoms with Crippen molar-refractivity contribution in [2.75, 3.05) is 25.2 Å². The van der Waals surface area contributed by atoms with E-state index in [2.05, 4.69) is 10.3 Å². The molecule has 0 saturated carbocycles. The molecule has 0 bridgehead atoms. The Labute approximate surface area is 182 Å². The Morgan fingerprint density at radius 2 is 1.74 bits per heavy atom. The van der Waals surface area contributed by atoms with Crippen LogP contribution in [0, 0.1) is 0 Å². The van der Waals surface area contributed by atoms with Gasteiger partial charge in [0.1, 0.15) is 11.9 Å². The van der Waals surface area contributed by atoms with Gasteiger partial charge in [-0.2, -0.15) is 0 Å². The van der Waals surface area contributed by atoms with Gasteiger partial charge in [0.05, 0.1) is 18.8 Å². The lowest BCUT2D eigenvalue weighted by Gasteiger charge is -2.19. The molecule has 166 valence electrons. The lowest BCUT2D eigenvalue weighted by molar-refractivity contribution is -0.146. The molecule has 1 N–H and O–H groups in total. The first-order valence-corrected chi connectivity index (χ1v) is 10.3. The van der Waals surface area contributed by atoms with E-state index in [1.54, 1.807) is 26.0 Å². The number of benzene rings is 1. The molecule has 8 nitrogen and oxygen atoms in total. The normalized spacial score (nSPS) is 11.3. The average Bonchev–Trinajstić information content (AvgIpc) is 2.77. The lowest BCUT2D eigenvalue weighted by atomic mass is 10.1. The van der Waals surface area contributed by atoms with Gasteiger partial charge in [-0.3, -0.25) is 9.59 Å². The summed E-state index contributed by atoms with van der Waals surface area (Å²) in [4.78, 5) is 42.7. The van der Waals surface area contributed by atoms with Crippen molar-refractivity contribution in [2.24, 2.45) is 0 Å². The summed E-state index contributed by atoms with van der Waals surface area (Å²) in [6, 6.07) is 12.4. The molecular formula is C23H29N3O5. The van der Waals surface area contributed by atoms with Gasteiger partial charge in [-0.25, -0.2) is 9.78 Å². The maximum absolute atomic E-state index is 12.6. The third-order valence-corrected chi connectivity index (χ3v) is 4.48. The number of amides is 1. The second-order valence-corrected chi connectivity index (χ2v) is 6.87. The number of pyridine rings is 1. The zero-order valence-corrected chi connectivity index (χ0v) is 18.2. The first-order chi connectivity index (χ1) is 14.9. The molecule has 0 aliphatic heterocycles. The number of carbonyl (C=O) groups excluding carboxylic acids is 3.